The third kappa shape index (κ3) is 5.33. The maximum absolute atomic E-state index is 5.31. The Balaban J connectivity index is 2.02. The molecule has 0 unspecified atom stereocenters. The van der Waals surface area contributed by atoms with Crippen LogP contribution in [0.1, 0.15) is 32.6 Å². The lowest BCUT2D eigenvalue weighted by molar-refractivity contribution is 0.0677. The molecule has 0 radical (unpaired) electrons. The van der Waals surface area contributed by atoms with Crippen molar-refractivity contribution in [3.05, 3.63) is 0 Å². The fraction of sp³-hybridized carbons (Fsp3) is 0.909. The van der Waals surface area contributed by atoms with E-state index >= 15 is 0 Å². The normalized spacial score (nSPS) is 16.5. The highest BCUT2D eigenvalue weighted by Crippen LogP contribution is 1.99. The zero-order chi connectivity index (χ0) is 10.9. The number of morpholine rings is 1. The van der Waals surface area contributed by atoms with Crippen LogP contribution in [0.5, 0.6) is 0 Å². The molecule has 0 spiro atoms. The zero-order valence-electron chi connectivity index (χ0n) is 9.63. The number of hydrogen-bond acceptors (Lipinski definition) is 2. The number of unbranched alkanes of at least 4 members (excludes halogenated alkanes) is 3. The number of rotatable bonds is 5. The summed E-state index contributed by atoms with van der Waals surface area (Å²) in [6, 6.07) is 0. The lowest BCUT2D eigenvalue weighted by Gasteiger charge is -2.29. The molecule has 1 rings (SSSR count). The number of thiocarbonyl (C=S) groups is 1. The molecule has 0 bridgehead atoms. The van der Waals surface area contributed by atoms with Crippen molar-refractivity contribution in [2.75, 3.05) is 32.8 Å². The third-order valence-electron chi connectivity index (χ3n) is 2.60. The van der Waals surface area contributed by atoms with Gasteiger partial charge in [0.15, 0.2) is 5.11 Å². The SMILES string of the molecule is CCCCCCNC(=S)N1CCOCC1. The van der Waals surface area contributed by atoms with Crippen molar-refractivity contribution >= 4 is 17.3 Å². The van der Waals surface area contributed by atoms with Gasteiger partial charge in [-0.25, -0.2) is 0 Å². The first-order valence-electron chi connectivity index (χ1n) is 5.95. The second kappa shape index (κ2) is 7.88. The topological polar surface area (TPSA) is 24.5 Å². The maximum Gasteiger partial charge on any atom is 0.169 e. The number of nitrogens with zero attached hydrogens (tertiary/aromatic N) is 1. The molecule has 88 valence electrons. The van der Waals surface area contributed by atoms with Crippen LogP contribution in [-0.4, -0.2) is 42.9 Å². The van der Waals surface area contributed by atoms with Crippen LogP contribution in [-0.2, 0) is 4.74 Å². The molecule has 0 saturated carbocycles. The lowest BCUT2D eigenvalue weighted by atomic mass is 10.2. The number of hydrogen-bond donors (Lipinski definition) is 1. The van der Waals surface area contributed by atoms with Crippen LogP contribution in [0.2, 0.25) is 0 Å². The van der Waals surface area contributed by atoms with Crippen LogP contribution in [0.25, 0.3) is 0 Å². The summed E-state index contributed by atoms with van der Waals surface area (Å²) in [5, 5.41) is 4.21. The van der Waals surface area contributed by atoms with Gasteiger partial charge in [0.2, 0.25) is 0 Å². The molecule has 1 aliphatic rings. The van der Waals surface area contributed by atoms with Gasteiger partial charge in [-0.3, -0.25) is 0 Å². The van der Waals surface area contributed by atoms with Crippen molar-refractivity contribution in [1.82, 2.24) is 10.2 Å². The molecular weight excluding hydrogens is 208 g/mol. The van der Waals surface area contributed by atoms with Gasteiger partial charge in [-0.1, -0.05) is 26.2 Å². The average molecular weight is 230 g/mol. The summed E-state index contributed by atoms with van der Waals surface area (Å²) in [6.45, 7) is 6.71. The minimum atomic E-state index is 0.803. The van der Waals surface area contributed by atoms with E-state index < -0.39 is 0 Å². The van der Waals surface area contributed by atoms with Gasteiger partial charge in [0, 0.05) is 19.6 Å². The molecule has 0 atom stereocenters. The van der Waals surface area contributed by atoms with Gasteiger partial charge >= 0.3 is 0 Å². The molecule has 0 aromatic heterocycles. The molecule has 1 N–H and O–H groups in total. The van der Waals surface area contributed by atoms with Gasteiger partial charge in [-0.05, 0) is 18.6 Å². The Morgan fingerprint density at radius 3 is 2.67 bits per heavy atom. The first-order valence-corrected chi connectivity index (χ1v) is 6.36. The molecule has 1 aliphatic heterocycles. The van der Waals surface area contributed by atoms with Gasteiger partial charge < -0.3 is 15.0 Å². The second-order valence-electron chi connectivity index (χ2n) is 3.89. The average Bonchev–Trinajstić information content (AvgIpc) is 2.30. The Morgan fingerprint density at radius 1 is 1.27 bits per heavy atom. The van der Waals surface area contributed by atoms with Crippen LogP contribution < -0.4 is 5.32 Å². The summed E-state index contributed by atoms with van der Waals surface area (Å²) in [5.41, 5.74) is 0. The predicted octanol–water partition coefficient (Wildman–Crippen LogP) is 1.77. The Kier molecular flexibility index (Phi) is 6.68. The smallest absolute Gasteiger partial charge is 0.169 e. The van der Waals surface area contributed by atoms with E-state index in [0.29, 0.717) is 0 Å². The fourth-order valence-electron chi connectivity index (χ4n) is 1.63. The monoisotopic (exact) mass is 230 g/mol. The van der Waals surface area contributed by atoms with Gasteiger partial charge in [0.25, 0.3) is 0 Å². The Morgan fingerprint density at radius 2 is 2.00 bits per heavy atom. The molecule has 0 aliphatic carbocycles. The summed E-state index contributed by atoms with van der Waals surface area (Å²) in [5.74, 6) is 0. The van der Waals surface area contributed by atoms with Crippen molar-refractivity contribution in [3.63, 3.8) is 0 Å². The van der Waals surface area contributed by atoms with E-state index in [1.54, 1.807) is 0 Å². The third-order valence-corrected chi connectivity index (χ3v) is 3.01. The van der Waals surface area contributed by atoms with Crippen molar-refractivity contribution in [2.24, 2.45) is 0 Å². The standard InChI is InChI=1S/C11H22N2OS/c1-2-3-4-5-6-12-11(15)13-7-9-14-10-8-13/h2-10H2,1H3,(H,12,15). The lowest BCUT2D eigenvalue weighted by Crippen LogP contribution is -2.46. The van der Waals surface area contributed by atoms with E-state index in [-0.39, 0.29) is 0 Å². The van der Waals surface area contributed by atoms with Crippen molar-refractivity contribution < 1.29 is 4.74 Å². The van der Waals surface area contributed by atoms with E-state index in [2.05, 4.69) is 17.1 Å². The predicted molar refractivity (Wildman–Crippen MR) is 67.1 cm³/mol. The molecule has 0 amide bonds. The maximum atomic E-state index is 5.31. The molecule has 0 aromatic carbocycles. The highest BCUT2D eigenvalue weighted by Gasteiger charge is 2.12. The molecular formula is C11H22N2OS. The minimum Gasteiger partial charge on any atom is -0.378 e. The Labute approximate surface area is 98.2 Å². The first kappa shape index (κ1) is 12.7. The zero-order valence-corrected chi connectivity index (χ0v) is 10.4. The van der Waals surface area contributed by atoms with E-state index in [1.165, 1.54) is 25.7 Å². The second-order valence-corrected chi connectivity index (χ2v) is 4.28. The van der Waals surface area contributed by atoms with E-state index in [1.807, 2.05) is 0 Å². The van der Waals surface area contributed by atoms with Gasteiger partial charge in [-0.2, -0.15) is 0 Å². The van der Waals surface area contributed by atoms with Crippen LogP contribution in [0.4, 0.5) is 0 Å². The molecule has 1 heterocycles. The fourth-order valence-corrected chi connectivity index (χ4v) is 1.91. The minimum absolute atomic E-state index is 0.803. The number of ether oxygens (including phenoxy) is 1. The Bertz CT molecular complexity index is 181. The van der Waals surface area contributed by atoms with Crippen LogP contribution >= 0.6 is 12.2 Å². The molecule has 3 nitrogen and oxygen atoms in total. The van der Waals surface area contributed by atoms with Crippen LogP contribution in [0.15, 0.2) is 0 Å². The van der Waals surface area contributed by atoms with Gasteiger partial charge in [0.05, 0.1) is 13.2 Å². The molecule has 4 heteroatoms. The summed E-state index contributed by atoms with van der Waals surface area (Å²) in [7, 11) is 0. The van der Waals surface area contributed by atoms with Crippen LogP contribution in [0, 0.1) is 0 Å². The first-order chi connectivity index (χ1) is 7.34. The quantitative estimate of drug-likeness (QED) is 0.575. The molecule has 1 saturated heterocycles. The highest BCUT2D eigenvalue weighted by atomic mass is 32.1. The van der Waals surface area contributed by atoms with E-state index in [4.69, 9.17) is 17.0 Å². The molecule has 1 fully saturated rings. The largest absolute Gasteiger partial charge is 0.378 e. The van der Waals surface area contributed by atoms with E-state index in [0.717, 1.165) is 38.0 Å². The summed E-state index contributed by atoms with van der Waals surface area (Å²) in [4.78, 5) is 2.19. The van der Waals surface area contributed by atoms with Crippen LogP contribution in [0.3, 0.4) is 0 Å². The van der Waals surface area contributed by atoms with E-state index in [9.17, 15) is 0 Å². The summed E-state index contributed by atoms with van der Waals surface area (Å²) >= 11 is 5.31. The summed E-state index contributed by atoms with van der Waals surface area (Å²) in [6.07, 6.45) is 5.13. The van der Waals surface area contributed by atoms with Crippen molar-refractivity contribution in [3.8, 4) is 0 Å². The van der Waals surface area contributed by atoms with Crippen molar-refractivity contribution in [2.45, 2.75) is 32.6 Å². The van der Waals surface area contributed by atoms with Gasteiger partial charge in [-0.15, -0.1) is 0 Å². The van der Waals surface area contributed by atoms with Gasteiger partial charge in [0.1, 0.15) is 0 Å². The molecule has 15 heavy (non-hydrogen) atoms. The van der Waals surface area contributed by atoms with Crippen molar-refractivity contribution in [1.29, 1.82) is 0 Å². The molecule has 0 aromatic rings. The highest BCUT2D eigenvalue weighted by molar-refractivity contribution is 7.80. The number of nitrogens with one attached hydrogen (secondary N) is 1. The Hall–Kier alpha value is -0.350. The summed E-state index contributed by atoms with van der Waals surface area (Å²) < 4.78 is 5.28.